The molecule has 1 unspecified atom stereocenters. The highest BCUT2D eigenvalue weighted by molar-refractivity contribution is 5.92. The molecule has 0 spiro atoms. The number of carbonyl (C=O) groups is 2. The molecule has 0 radical (unpaired) electrons. The zero-order chi connectivity index (χ0) is 16.5. The van der Waals surface area contributed by atoms with Gasteiger partial charge in [0.1, 0.15) is 24.3 Å². The molecule has 1 aliphatic rings. The van der Waals surface area contributed by atoms with E-state index in [1.165, 1.54) is 0 Å². The van der Waals surface area contributed by atoms with E-state index in [1.54, 1.807) is 29.3 Å². The van der Waals surface area contributed by atoms with Gasteiger partial charge in [-0.15, -0.1) is 0 Å². The van der Waals surface area contributed by atoms with Crippen LogP contribution in [0.15, 0.2) is 24.4 Å². The molecule has 6 heteroatoms. The molecule has 1 fully saturated rings. The van der Waals surface area contributed by atoms with Crippen molar-refractivity contribution in [2.75, 3.05) is 19.6 Å². The van der Waals surface area contributed by atoms with Gasteiger partial charge in [0.25, 0.3) is 5.91 Å². The van der Waals surface area contributed by atoms with E-state index in [9.17, 15) is 14.7 Å². The van der Waals surface area contributed by atoms with E-state index in [0.29, 0.717) is 25.3 Å². The Labute approximate surface area is 131 Å². The predicted molar refractivity (Wildman–Crippen MR) is 82.5 cm³/mol. The summed E-state index contributed by atoms with van der Waals surface area (Å²) >= 11 is 0. The first kappa shape index (κ1) is 16.4. The SMILES string of the molecule is C[C@H]1C[N+](C(=O)O)(C(C)(C)C)CCN1C(=O)c1ccccn1. The van der Waals surface area contributed by atoms with Gasteiger partial charge in [0, 0.05) is 6.20 Å². The van der Waals surface area contributed by atoms with Crippen LogP contribution < -0.4 is 0 Å². The van der Waals surface area contributed by atoms with Crippen molar-refractivity contribution in [3.63, 3.8) is 0 Å². The van der Waals surface area contributed by atoms with Gasteiger partial charge in [-0.1, -0.05) is 6.07 Å². The summed E-state index contributed by atoms with van der Waals surface area (Å²) in [5.74, 6) is -0.134. The zero-order valence-corrected chi connectivity index (χ0v) is 13.6. The lowest BCUT2D eigenvalue weighted by Gasteiger charge is -2.50. The van der Waals surface area contributed by atoms with E-state index in [2.05, 4.69) is 4.98 Å². The number of aromatic nitrogens is 1. The summed E-state index contributed by atoms with van der Waals surface area (Å²) in [5, 5.41) is 9.74. The molecule has 1 saturated heterocycles. The number of carbonyl (C=O) groups excluding carboxylic acids is 1. The molecule has 2 amide bonds. The van der Waals surface area contributed by atoms with Crippen LogP contribution in [0.25, 0.3) is 0 Å². The molecule has 0 aromatic carbocycles. The molecule has 1 N–H and O–H groups in total. The topological polar surface area (TPSA) is 70.5 Å². The third-order valence-electron chi connectivity index (χ3n) is 4.63. The minimum atomic E-state index is -0.829. The molecule has 6 nitrogen and oxygen atoms in total. The molecule has 2 rings (SSSR count). The Hall–Kier alpha value is -1.95. The van der Waals surface area contributed by atoms with Crippen LogP contribution in [0.5, 0.6) is 0 Å². The van der Waals surface area contributed by atoms with Crippen molar-refractivity contribution in [2.24, 2.45) is 0 Å². The fourth-order valence-corrected chi connectivity index (χ4v) is 3.15. The molecular formula is C16H24N3O3+. The van der Waals surface area contributed by atoms with Gasteiger partial charge in [0.2, 0.25) is 0 Å². The highest BCUT2D eigenvalue weighted by atomic mass is 16.4. The second-order valence-electron chi connectivity index (χ2n) is 6.89. The third kappa shape index (κ3) is 2.70. The van der Waals surface area contributed by atoms with E-state index in [4.69, 9.17) is 0 Å². The molecular weight excluding hydrogens is 282 g/mol. The number of nitrogens with zero attached hydrogens (tertiary/aromatic N) is 3. The maximum absolute atomic E-state index is 12.5. The van der Waals surface area contributed by atoms with Gasteiger partial charge >= 0.3 is 6.09 Å². The normalized spacial score (nSPS) is 25.8. The van der Waals surface area contributed by atoms with Gasteiger partial charge in [0.15, 0.2) is 0 Å². The van der Waals surface area contributed by atoms with E-state index in [1.807, 2.05) is 27.7 Å². The average molecular weight is 306 g/mol. The first-order valence-electron chi connectivity index (χ1n) is 7.52. The lowest BCUT2D eigenvalue weighted by molar-refractivity contribution is -0.909. The Balaban J connectivity index is 2.23. The fraction of sp³-hybridized carbons (Fsp3) is 0.562. The molecule has 0 aliphatic carbocycles. The first-order chi connectivity index (χ1) is 10.2. The van der Waals surface area contributed by atoms with Crippen LogP contribution in [0.4, 0.5) is 4.79 Å². The Morgan fingerprint density at radius 3 is 2.50 bits per heavy atom. The summed E-state index contributed by atoms with van der Waals surface area (Å²) in [6.45, 7) is 8.93. The zero-order valence-electron chi connectivity index (χ0n) is 13.6. The largest absolute Gasteiger partial charge is 0.514 e. The van der Waals surface area contributed by atoms with Crippen molar-refractivity contribution in [3.05, 3.63) is 30.1 Å². The minimum Gasteiger partial charge on any atom is -0.435 e. The summed E-state index contributed by atoms with van der Waals surface area (Å²) in [6, 6.07) is 5.08. The van der Waals surface area contributed by atoms with Crippen LogP contribution in [0.3, 0.4) is 0 Å². The van der Waals surface area contributed by atoms with Crippen molar-refractivity contribution in [2.45, 2.75) is 39.3 Å². The number of quaternary nitrogens is 1. The van der Waals surface area contributed by atoms with Gasteiger partial charge in [-0.3, -0.25) is 9.78 Å². The van der Waals surface area contributed by atoms with Crippen molar-refractivity contribution in [1.29, 1.82) is 0 Å². The highest BCUT2D eigenvalue weighted by Crippen LogP contribution is 2.30. The Morgan fingerprint density at radius 1 is 1.36 bits per heavy atom. The summed E-state index contributed by atoms with van der Waals surface area (Å²) in [4.78, 5) is 30.2. The van der Waals surface area contributed by atoms with Gasteiger partial charge in [-0.2, -0.15) is 4.79 Å². The van der Waals surface area contributed by atoms with Gasteiger partial charge in [0.05, 0.1) is 12.6 Å². The smallest absolute Gasteiger partial charge is 0.435 e. The molecule has 120 valence electrons. The molecule has 1 aliphatic heterocycles. The Morgan fingerprint density at radius 2 is 2.05 bits per heavy atom. The number of carboxylic acid groups (broad SMARTS) is 1. The van der Waals surface area contributed by atoms with Gasteiger partial charge < -0.3 is 10.0 Å². The molecule has 22 heavy (non-hydrogen) atoms. The molecule has 1 aromatic rings. The van der Waals surface area contributed by atoms with E-state index < -0.39 is 11.6 Å². The quantitative estimate of drug-likeness (QED) is 0.808. The monoisotopic (exact) mass is 306 g/mol. The number of hydrogen-bond acceptors (Lipinski definition) is 3. The second kappa shape index (κ2) is 5.68. The Kier molecular flexibility index (Phi) is 4.24. The van der Waals surface area contributed by atoms with E-state index >= 15 is 0 Å². The molecule has 1 aromatic heterocycles. The lowest BCUT2D eigenvalue weighted by atomic mass is 9.97. The van der Waals surface area contributed by atoms with Crippen LogP contribution in [-0.4, -0.2) is 62.7 Å². The van der Waals surface area contributed by atoms with E-state index in [0.717, 1.165) is 0 Å². The maximum atomic E-state index is 12.5. The average Bonchev–Trinajstić information content (AvgIpc) is 2.46. The number of piperazine rings is 1. The number of hydrogen-bond donors (Lipinski definition) is 1. The van der Waals surface area contributed by atoms with Crippen molar-refractivity contribution >= 4 is 12.0 Å². The Bertz CT molecular complexity index is 568. The summed E-state index contributed by atoms with van der Waals surface area (Å²) < 4.78 is -0.0276. The summed E-state index contributed by atoms with van der Waals surface area (Å²) in [6.07, 6.45) is 0.763. The van der Waals surface area contributed by atoms with Crippen LogP contribution >= 0.6 is 0 Å². The minimum absolute atomic E-state index is 0.0276. The van der Waals surface area contributed by atoms with Crippen molar-refractivity contribution < 1.29 is 19.2 Å². The predicted octanol–water partition coefficient (Wildman–Crippen LogP) is 2.22. The van der Waals surface area contributed by atoms with Crippen LogP contribution in [0.1, 0.15) is 38.2 Å². The molecule has 2 heterocycles. The number of rotatable bonds is 1. The van der Waals surface area contributed by atoms with Crippen molar-refractivity contribution in [3.8, 4) is 0 Å². The number of amides is 2. The fourth-order valence-electron chi connectivity index (χ4n) is 3.15. The van der Waals surface area contributed by atoms with Gasteiger partial charge in [-0.05, 0) is 39.8 Å². The third-order valence-corrected chi connectivity index (χ3v) is 4.63. The summed E-state index contributed by atoms with van der Waals surface area (Å²) in [5.41, 5.74) is -0.0133. The lowest BCUT2D eigenvalue weighted by Crippen LogP contribution is -2.72. The standard InChI is InChI=1S/C16H23N3O3/c1-12-11-19(15(21)22,16(2,3)4)10-9-18(12)14(20)13-7-5-6-8-17-13/h5-8,12H,9-11H2,1-4H3/p+1/t12-,19?/m0/s1. The molecule has 0 bridgehead atoms. The van der Waals surface area contributed by atoms with E-state index in [-0.39, 0.29) is 16.4 Å². The molecule has 0 saturated carbocycles. The van der Waals surface area contributed by atoms with Crippen molar-refractivity contribution in [1.82, 2.24) is 9.88 Å². The van der Waals surface area contributed by atoms with Crippen LogP contribution in [0.2, 0.25) is 0 Å². The second-order valence-corrected chi connectivity index (χ2v) is 6.89. The van der Waals surface area contributed by atoms with Crippen LogP contribution in [-0.2, 0) is 0 Å². The van der Waals surface area contributed by atoms with Gasteiger partial charge in [-0.25, -0.2) is 4.48 Å². The molecule has 2 atom stereocenters. The highest BCUT2D eigenvalue weighted by Gasteiger charge is 2.52. The summed E-state index contributed by atoms with van der Waals surface area (Å²) in [7, 11) is 0. The van der Waals surface area contributed by atoms with Crippen LogP contribution in [0, 0.1) is 0 Å². The first-order valence-corrected chi connectivity index (χ1v) is 7.52. The number of pyridine rings is 1. The maximum Gasteiger partial charge on any atom is 0.514 e.